The molecule has 0 spiro atoms. The Bertz CT molecular complexity index is 295. The van der Waals surface area contributed by atoms with Crippen molar-refractivity contribution in [2.45, 2.75) is 13.0 Å². The number of rotatable bonds is 5. The molecule has 1 unspecified atom stereocenters. The van der Waals surface area contributed by atoms with Crippen molar-refractivity contribution < 1.29 is 9.47 Å². The summed E-state index contributed by atoms with van der Waals surface area (Å²) in [6.07, 6.45) is 2.98. The zero-order valence-corrected chi connectivity index (χ0v) is 8.76. The van der Waals surface area contributed by atoms with Gasteiger partial charge in [0.25, 0.3) is 0 Å². The molecule has 1 saturated heterocycles. The van der Waals surface area contributed by atoms with Crippen LogP contribution in [0.3, 0.4) is 0 Å². The molecule has 0 amide bonds. The van der Waals surface area contributed by atoms with Gasteiger partial charge < -0.3 is 15.2 Å². The predicted molar refractivity (Wildman–Crippen MR) is 56.4 cm³/mol. The number of hydrogen-bond acceptors (Lipinski definition) is 4. The number of nitrogens with two attached hydrogens (primary N) is 1. The standard InChI is InChI=1S/C10H17N3O2/c11-10-1-3-13(12-10)4-6-15-8-9-2-5-14-7-9/h1,3,9H,2,4-8H2,(H2,11,12). The first kappa shape index (κ1) is 10.4. The number of hydrogen-bond donors (Lipinski definition) is 1. The molecule has 0 radical (unpaired) electrons. The maximum Gasteiger partial charge on any atom is 0.145 e. The lowest BCUT2D eigenvalue weighted by atomic mass is 10.1. The minimum atomic E-state index is 0.555. The highest BCUT2D eigenvalue weighted by Crippen LogP contribution is 2.12. The summed E-state index contributed by atoms with van der Waals surface area (Å²) >= 11 is 0. The summed E-state index contributed by atoms with van der Waals surface area (Å²) in [4.78, 5) is 0. The Morgan fingerprint density at radius 2 is 2.60 bits per heavy atom. The number of aromatic nitrogens is 2. The summed E-state index contributed by atoms with van der Waals surface area (Å²) in [5, 5.41) is 4.07. The fraction of sp³-hybridized carbons (Fsp3) is 0.700. The first-order valence-electron chi connectivity index (χ1n) is 5.29. The lowest BCUT2D eigenvalue weighted by Crippen LogP contribution is -2.13. The van der Waals surface area contributed by atoms with Crippen LogP contribution >= 0.6 is 0 Å². The van der Waals surface area contributed by atoms with E-state index in [-0.39, 0.29) is 0 Å². The van der Waals surface area contributed by atoms with Crippen molar-refractivity contribution in [3.8, 4) is 0 Å². The molecule has 1 aromatic rings. The summed E-state index contributed by atoms with van der Waals surface area (Å²) in [7, 11) is 0. The van der Waals surface area contributed by atoms with E-state index in [1.54, 1.807) is 10.7 Å². The molecule has 0 aromatic carbocycles. The summed E-state index contributed by atoms with van der Waals surface area (Å²) in [6.45, 7) is 3.94. The quantitative estimate of drug-likeness (QED) is 0.721. The zero-order valence-electron chi connectivity index (χ0n) is 8.76. The zero-order chi connectivity index (χ0) is 10.5. The lowest BCUT2D eigenvalue weighted by molar-refractivity contribution is 0.0831. The van der Waals surface area contributed by atoms with Gasteiger partial charge in [-0.1, -0.05) is 0 Å². The second kappa shape index (κ2) is 5.14. The van der Waals surface area contributed by atoms with Crippen LogP contribution in [0.5, 0.6) is 0 Å². The molecule has 0 bridgehead atoms. The van der Waals surface area contributed by atoms with Crippen LogP contribution in [-0.2, 0) is 16.0 Å². The average Bonchev–Trinajstić information content (AvgIpc) is 2.84. The van der Waals surface area contributed by atoms with Crippen molar-refractivity contribution in [3.05, 3.63) is 12.3 Å². The molecule has 0 aliphatic carbocycles. The van der Waals surface area contributed by atoms with E-state index >= 15 is 0 Å². The number of ether oxygens (including phenoxy) is 2. The number of nitrogen functional groups attached to an aromatic ring is 1. The minimum Gasteiger partial charge on any atom is -0.382 e. The van der Waals surface area contributed by atoms with Gasteiger partial charge in [0, 0.05) is 18.7 Å². The second-order valence-corrected chi connectivity index (χ2v) is 3.81. The van der Waals surface area contributed by atoms with E-state index in [4.69, 9.17) is 15.2 Å². The van der Waals surface area contributed by atoms with Gasteiger partial charge in [0.05, 0.1) is 26.4 Å². The first-order chi connectivity index (χ1) is 7.34. The Morgan fingerprint density at radius 1 is 1.67 bits per heavy atom. The van der Waals surface area contributed by atoms with E-state index in [2.05, 4.69) is 5.10 Å². The molecule has 1 aromatic heterocycles. The molecule has 2 N–H and O–H groups in total. The molecule has 84 valence electrons. The van der Waals surface area contributed by atoms with Crippen LogP contribution in [0.4, 0.5) is 5.82 Å². The summed E-state index contributed by atoms with van der Waals surface area (Å²) in [6, 6.07) is 1.78. The largest absolute Gasteiger partial charge is 0.382 e. The van der Waals surface area contributed by atoms with E-state index in [9.17, 15) is 0 Å². The molecule has 5 heteroatoms. The van der Waals surface area contributed by atoms with Gasteiger partial charge in [-0.05, 0) is 12.5 Å². The summed E-state index contributed by atoms with van der Waals surface area (Å²) in [5.74, 6) is 1.13. The van der Waals surface area contributed by atoms with Gasteiger partial charge in [-0.2, -0.15) is 5.10 Å². The fourth-order valence-corrected chi connectivity index (χ4v) is 1.62. The van der Waals surface area contributed by atoms with Gasteiger partial charge in [-0.15, -0.1) is 0 Å². The molecule has 5 nitrogen and oxygen atoms in total. The van der Waals surface area contributed by atoms with Crippen LogP contribution in [0, 0.1) is 5.92 Å². The Balaban J connectivity index is 1.58. The SMILES string of the molecule is Nc1ccn(CCOCC2CCOC2)n1. The van der Waals surface area contributed by atoms with E-state index in [1.165, 1.54) is 0 Å². The Hall–Kier alpha value is -1.07. The molecule has 2 heterocycles. The van der Waals surface area contributed by atoms with E-state index in [0.29, 0.717) is 18.3 Å². The van der Waals surface area contributed by atoms with Gasteiger partial charge >= 0.3 is 0 Å². The number of nitrogens with zero attached hydrogens (tertiary/aromatic N) is 2. The van der Waals surface area contributed by atoms with Gasteiger partial charge in [-0.25, -0.2) is 0 Å². The first-order valence-corrected chi connectivity index (χ1v) is 5.29. The monoisotopic (exact) mass is 211 g/mol. The third-order valence-electron chi connectivity index (χ3n) is 2.50. The second-order valence-electron chi connectivity index (χ2n) is 3.81. The van der Waals surface area contributed by atoms with Crippen molar-refractivity contribution in [1.29, 1.82) is 0 Å². The van der Waals surface area contributed by atoms with Crippen molar-refractivity contribution in [2.75, 3.05) is 32.2 Å². The minimum absolute atomic E-state index is 0.555. The third-order valence-corrected chi connectivity index (χ3v) is 2.50. The Morgan fingerprint density at radius 3 is 3.27 bits per heavy atom. The molecule has 1 aliphatic rings. The fourth-order valence-electron chi connectivity index (χ4n) is 1.62. The molecule has 15 heavy (non-hydrogen) atoms. The van der Waals surface area contributed by atoms with Gasteiger partial charge in [0.1, 0.15) is 5.82 Å². The molecular formula is C10H17N3O2. The van der Waals surface area contributed by atoms with Crippen LogP contribution < -0.4 is 5.73 Å². The van der Waals surface area contributed by atoms with Crippen molar-refractivity contribution >= 4 is 5.82 Å². The van der Waals surface area contributed by atoms with Gasteiger partial charge in [-0.3, -0.25) is 4.68 Å². The van der Waals surface area contributed by atoms with E-state index in [0.717, 1.165) is 32.8 Å². The van der Waals surface area contributed by atoms with E-state index in [1.807, 2.05) is 6.20 Å². The van der Waals surface area contributed by atoms with Crippen molar-refractivity contribution in [3.63, 3.8) is 0 Å². The summed E-state index contributed by atoms with van der Waals surface area (Å²) < 4.78 is 12.6. The van der Waals surface area contributed by atoms with E-state index < -0.39 is 0 Å². The van der Waals surface area contributed by atoms with Crippen LogP contribution in [0.15, 0.2) is 12.3 Å². The Kier molecular flexibility index (Phi) is 3.58. The van der Waals surface area contributed by atoms with Crippen molar-refractivity contribution in [2.24, 2.45) is 5.92 Å². The predicted octanol–water partition coefficient (Wildman–Crippen LogP) is 0.518. The topological polar surface area (TPSA) is 62.3 Å². The molecule has 1 fully saturated rings. The van der Waals surface area contributed by atoms with Gasteiger partial charge in [0.15, 0.2) is 0 Å². The van der Waals surface area contributed by atoms with Crippen LogP contribution in [0.25, 0.3) is 0 Å². The average molecular weight is 211 g/mol. The smallest absolute Gasteiger partial charge is 0.145 e. The van der Waals surface area contributed by atoms with Crippen molar-refractivity contribution in [1.82, 2.24) is 9.78 Å². The van der Waals surface area contributed by atoms with Gasteiger partial charge in [0.2, 0.25) is 0 Å². The summed E-state index contributed by atoms with van der Waals surface area (Å²) in [5.41, 5.74) is 5.49. The molecule has 1 aliphatic heterocycles. The third kappa shape index (κ3) is 3.21. The van der Waals surface area contributed by atoms with Crippen LogP contribution in [-0.4, -0.2) is 36.2 Å². The highest BCUT2D eigenvalue weighted by atomic mass is 16.5. The van der Waals surface area contributed by atoms with Crippen LogP contribution in [0.1, 0.15) is 6.42 Å². The highest BCUT2D eigenvalue weighted by molar-refractivity contribution is 5.23. The molecule has 2 rings (SSSR count). The number of anilines is 1. The van der Waals surface area contributed by atoms with Crippen LogP contribution in [0.2, 0.25) is 0 Å². The Labute approximate surface area is 89.2 Å². The normalized spacial score (nSPS) is 20.9. The highest BCUT2D eigenvalue weighted by Gasteiger charge is 2.15. The maximum atomic E-state index is 5.55. The molecular weight excluding hydrogens is 194 g/mol. The lowest BCUT2D eigenvalue weighted by Gasteiger charge is -2.08. The maximum absolute atomic E-state index is 5.55. The molecule has 0 saturated carbocycles. The molecule has 1 atom stereocenters.